The van der Waals surface area contributed by atoms with E-state index in [1.165, 1.54) is 0 Å². The number of aromatic nitrogens is 2. The summed E-state index contributed by atoms with van der Waals surface area (Å²) >= 11 is 0. The number of likely N-dealkylation sites (N-methyl/N-ethyl adjacent to an activating group) is 1. The Balaban J connectivity index is 1.42. The molecular formula is C24H27N5O2. The maximum absolute atomic E-state index is 12.5. The summed E-state index contributed by atoms with van der Waals surface area (Å²) in [5, 5.41) is 11.8. The number of nitrogens with one attached hydrogen (secondary N) is 1. The smallest absolute Gasteiger partial charge is 0.228 e. The molecule has 1 fully saturated rings. The highest BCUT2D eigenvalue weighted by Gasteiger charge is 2.16. The zero-order valence-corrected chi connectivity index (χ0v) is 17.9. The van der Waals surface area contributed by atoms with Crippen molar-refractivity contribution >= 4 is 17.4 Å². The number of para-hydroxylation sites is 1. The number of rotatable bonds is 6. The Morgan fingerprint density at radius 1 is 1.00 bits per heavy atom. The molecule has 0 unspecified atom stereocenters. The van der Waals surface area contributed by atoms with E-state index in [1.807, 2.05) is 60.7 Å². The van der Waals surface area contributed by atoms with Crippen molar-refractivity contribution in [3.05, 3.63) is 66.2 Å². The Kier molecular flexibility index (Phi) is 6.43. The molecule has 1 aromatic heterocycles. The van der Waals surface area contributed by atoms with Crippen LogP contribution in [0.1, 0.15) is 5.56 Å². The molecule has 2 heterocycles. The number of carbonyl (C=O) groups is 1. The predicted octanol–water partition coefficient (Wildman–Crippen LogP) is 3.09. The van der Waals surface area contributed by atoms with E-state index in [-0.39, 0.29) is 12.3 Å². The van der Waals surface area contributed by atoms with Crippen molar-refractivity contribution in [2.45, 2.75) is 6.42 Å². The average molecular weight is 418 g/mol. The number of benzene rings is 2. The van der Waals surface area contributed by atoms with Gasteiger partial charge in [0.05, 0.1) is 19.2 Å². The van der Waals surface area contributed by atoms with Gasteiger partial charge in [-0.25, -0.2) is 0 Å². The summed E-state index contributed by atoms with van der Waals surface area (Å²) in [5.74, 6) is 1.51. The van der Waals surface area contributed by atoms with Crippen molar-refractivity contribution in [3.63, 3.8) is 0 Å². The van der Waals surface area contributed by atoms with E-state index in [0.29, 0.717) is 5.75 Å². The fraction of sp³-hybridized carbons (Fsp3) is 0.292. The van der Waals surface area contributed by atoms with E-state index in [0.717, 1.165) is 54.5 Å². The molecule has 1 aliphatic rings. The molecule has 3 aromatic rings. The van der Waals surface area contributed by atoms with Crippen LogP contribution in [0.2, 0.25) is 0 Å². The SMILES string of the molecule is COc1ccccc1CC(=O)Nc1cccc(-c2ccc(N3CCN(C)CC3)nn2)c1. The maximum Gasteiger partial charge on any atom is 0.228 e. The van der Waals surface area contributed by atoms with E-state index < -0.39 is 0 Å². The Hall–Kier alpha value is -3.45. The lowest BCUT2D eigenvalue weighted by molar-refractivity contribution is -0.115. The van der Waals surface area contributed by atoms with Crippen LogP contribution >= 0.6 is 0 Å². The van der Waals surface area contributed by atoms with Gasteiger partial charge in [0.25, 0.3) is 0 Å². The van der Waals surface area contributed by atoms with Gasteiger partial charge in [-0.3, -0.25) is 4.79 Å². The van der Waals surface area contributed by atoms with Crippen molar-refractivity contribution in [1.29, 1.82) is 0 Å². The average Bonchev–Trinajstić information content (AvgIpc) is 2.80. The van der Waals surface area contributed by atoms with Gasteiger partial charge in [0.2, 0.25) is 5.91 Å². The third-order valence-corrected chi connectivity index (χ3v) is 5.46. The molecule has 31 heavy (non-hydrogen) atoms. The van der Waals surface area contributed by atoms with E-state index in [1.54, 1.807) is 7.11 Å². The van der Waals surface area contributed by atoms with Crippen LogP contribution in [-0.4, -0.2) is 61.3 Å². The zero-order valence-electron chi connectivity index (χ0n) is 17.9. The summed E-state index contributed by atoms with van der Waals surface area (Å²) in [6.07, 6.45) is 0.244. The van der Waals surface area contributed by atoms with E-state index in [2.05, 4.69) is 32.4 Å². The number of hydrogen-bond acceptors (Lipinski definition) is 6. The molecule has 1 amide bonds. The summed E-state index contributed by atoms with van der Waals surface area (Å²) < 4.78 is 5.33. The molecule has 1 N–H and O–H groups in total. The van der Waals surface area contributed by atoms with Crippen LogP contribution in [0.3, 0.4) is 0 Å². The lowest BCUT2D eigenvalue weighted by Gasteiger charge is -2.32. The zero-order chi connectivity index (χ0) is 21.6. The number of methoxy groups -OCH3 is 1. The van der Waals surface area contributed by atoms with Gasteiger partial charge in [0.1, 0.15) is 5.75 Å². The molecule has 0 bridgehead atoms. The fourth-order valence-corrected chi connectivity index (χ4v) is 3.67. The standard InChI is InChI=1S/C24H27N5O2/c1-28-12-14-29(15-13-28)23-11-10-21(26-27-23)18-7-5-8-20(16-18)25-24(30)17-19-6-3-4-9-22(19)31-2/h3-11,16H,12-15,17H2,1-2H3,(H,25,30). The second kappa shape index (κ2) is 9.57. The normalized spacial score (nSPS) is 14.3. The quantitative estimate of drug-likeness (QED) is 0.665. The number of ether oxygens (including phenoxy) is 1. The van der Waals surface area contributed by atoms with Crippen molar-refractivity contribution in [1.82, 2.24) is 15.1 Å². The molecule has 0 atom stereocenters. The molecule has 4 rings (SSSR count). The van der Waals surface area contributed by atoms with Gasteiger partial charge in [-0.1, -0.05) is 30.3 Å². The molecule has 2 aromatic carbocycles. The molecule has 7 heteroatoms. The Morgan fingerprint density at radius 3 is 2.55 bits per heavy atom. The number of nitrogens with zero attached hydrogens (tertiary/aromatic N) is 4. The first-order valence-corrected chi connectivity index (χ1v) is 10.4. The number of amides is 1. The first-order chi connectivity index (χ1) is 15.1. The van der Waals surface area contributed by atoms with Crippen LogP contribution in [0.5, 0.6) is 5.75 Å². The molecule has 0 aliphatic carbocycles. The number of piperazine rings is 1. The maximum atomic E-state index is 12.5. The van der Waals surface area contributed by atoms with Gasteiger partial charge in [-0.15, -0.1) is 10.2 Å². The summed E-state index contributed by atoms with van der Waals surface area (Å²) in [6, 6.07) is 19.2. The predicted molar refractivity (Wildman–Crippen MR) is 123 cm³/mol. The highest BCUT2D eigenvalue weighted by molar-refractivity contribution is 5.93. The topological polar surface area (TPSA) is 70.6 Å². The van der Waals surface area contributed by atoms with Crippen molar-refractivity contribution in [2.75, 3.05) is 50.6 Å². The van der Waals surface area contributed by atoms with Crippen LogP contribution in [0, 0.1) is 0 Å². The lowest BCUT2D eigenvalue weighted by atomic mass is 10.1. The third kappa shape index (κ3) is 5.19. The van der Waals surface area contributed by atoms with Crippen LogP contribution in [0.25, 0.3) is 11.3 Å². The summed E-state index contributed by atoms with van der Waals surface area (Å²) in [4.78, 5) is 17.1. The molecule has 160 valence electrons. The van der Waals surface area contributed by atoms with Crippen LogP contribution in [0.4, 0.5) is 11.5 Å². The van der Waals surface area contributed by atoms with E-state index in [4.69, 9.17) is 4.74 Å². The second-order valence-electron chi connectivity index (χ2n) is 7.68. The fourth-order valence-electron chi connectivity index (χ4n) is 3.67. The highest BCUT2D eigenvalue weighted by Crippen LogP contribution is 2.23. The first-order valence-electron chi connectivity index (χ1n) is 10.4. The van der Waals surface area contributed by atoms with Gasteiger partial charge >= 0.3 is 0 Å². The minimum atomic E-state index is -0.0989. The number of carbonyl (C=O) groups excluding carboxylic acids is 1. The monoisotopic (exact) mass is 417 g/mol. The Labute approximate surface area is 182 Å². The Bertz CT molecular complexity index is 1030. The van der Waals surface area contributed by atoms with Gasteiger partial charge < -0.3 is 19.9 Å². The van der Waals surface area contributed by atoms with Gasteiger partial charge in [0.15, 0.2) is 5.82 Å². The summed E-state index contributed by atoms with van der Waals surface area (Å²) in [6.45, 7) is 3.97. The van der Waals surface area contributed by atoms with Crippen molar-refractivity contribution < 1.29 is 9.53 Å². The van der Waals surface area contributed by atoms with E-state index >= 15 is 0 Å². The van der Waals surface area contributed by atoms with Crippen molar-refractivity contribution in [3.8, 4) is 17.0 Å². The van der Waals surface area contributed by atoms with Crippen LogP contribution in [-0.2, 0) is 11.2 Å². The lowest BCUT2D eigenvalue weighted by Crippen LogP contribution is -2.44. The summed E-state index contributed by atoms with van der Waals surface area (Å²) in [5.41, 5.74) is 3.26. The van der Waals surface area contributed by atoms with Crippen molar-refractivity contribution in [2.24, 2.45) is 0 Å². The molecule has 1 aliphatic heterocycles. The molecule has 0 radical (unpaired) electrons. The number of anilines is 2. The van der Waals surface area contributed by atoms with Gasteiger partial charge in [0, 0.05) is 43.0 Å². The minimum Gasteiger partial charge on any atom is -0.496 e. The van der Waals surface area contributed by atoms with Crippen LogP contribution < -0.4 is 15.0 Å². The highest BCUT2D eigenvalue weighted by atomic mass is 16.5. The molecule has 1 saturated heterocycles. The van der Waals surface area contributed by atoms with Crippen LogP contribution in [0.15, 0.2) is 60.7 Å². The second-order valence-corrected chi connectivity index (χ2v) is 7.68. The van der Waals surface area contributed by atoms with Gasteiger partial charge in [-0.05, 0) is 37.4 Å². The molecule has 7 nitrogen and oxygen atoms in total. The summed E-state index contributed by atoms with van der Waals surface area (Å²) in [7, 11) is 3.74. The Morgan fingerprint density at radius 2 is 1.81 bits per heavy atom. The van der Waals surface area contributed by atoms with Gasteiger partial charge in [-0.2, -0.15) is 0 Å². The number of hydrogen-bond donors (Lipinski definition) is 1. The third-order valence-electron chi connectivity index (χ3n) is 5.46. The molecule has 0 spiro atoms. The minimum absolute atomic E-state index is 0.0989. The first kappa shape index (κ1) is 20.8. The largest absolute Gasteiger partial charge is 0.496 e. The molecule has 0 saturated carbocycles. The molecular weight excluding hydrogens is 390 g/mol. The van der Waals surface area contributed by atoms with E-state index in [9.17, 15) is 4.79 Å².